The Hall–Kier alpha value is -5.88. The Morgan fingerprint density at radius 2 is 1.54 bits per heavy atom. The van der Waals surface area contributed by atoms with Crippen LogP contribution in [0.2, 0.25) is 0 Å². The van der Waals surface area contributed by atoms with Crippen LogP contribution in [0.25, 0.3) is 38.9 Å². The maximum Gasteiger partial charge on any atom is 0.334 e. The molecule has 12 heteroatoms. The van der Waals surface area contributed by atoms with Crippen molar-refractivity contribution in [2.24, 2.45) is 5.92 Å². The number of hydrogen-bond donors (Lipinski definition) is 5. The van der Waals surface area contributed by atoms with Gasteiger partial charge in [-0.3, -0.25) is 14.4 Å². The van der Waals surface area contributed by atoms with E-state index in [1.807, 2.05) is 45.9 Å². The first-order valence-electron chi connectivity index (χ1n) is 16.9. The van der Waals surface area contributed by atoms with Gasteiger partial charge in [0.15, 0.2) is 5.78 Å². The minimum absolute atomic E-state index is 0.0935. The molecule has 0 saturated carbocycles. The number of esters is 1. The second kappa shape index (κ2) is 13.7. The lowest BCUT2D eigenvalue weighted by molar-refractivity contribution is -0.139. The van der Waals surface area contributed by atoms with Gasteiger partial charge < -0.3 is 30.0 Å². The Labute approximate surface area is 299 Å². The molecule has 268 valence electrons. The maximum absolute atomic E-state index is 13.6. The van der Waals surface area contributed by atoms with Gasteiger partial charge in [0.05, 0.1) is 35.8 Å². The van der Waals surface area contributed by atoms with E-state index in [0.29, 0.717) is 50.8 Å². The number of aromatic nitrogens is 4. The summed E-state index contributed by atoms with van der Waals surface area (Å²) in [5, 5.41) is 29.4. The summed E-state index contributed by atoms with van der Waals surface area (Å²) in [4.78, 5) is 67.1. The number of aromatic amines is 2. The van der Waals surface area contributed by atoms with Crippen LogP contribution in [0, 0.1) is 12.8 Å². The molecule has 12 nitrogen and oxygen atoms in total. The molecule has 2 aromatic rings. The number of carbonyl (C=O) groups excluding carboxylic acids is 2. The molecule has 0 fully saturated rings. The number of carbonyl (C=O) groups is 4. The zero-order chi connectivity index (χ0) is 37.6. The van der Waals surface area contributed by atoms with Gasteiger partial charge in [-0.2, -0.15) is 0 Å². The molecule has 52 heavy (non-hydrogen) atoms. The summed E-state index contributed by atoms with van der Waals surface area (Å²) >= 11 is 0. The molecule has 4 aliphatic rings. The van der Waals surface area contributed by atoms with Crippen LogP contribution in [0.5, 0.6) is 0 Å². The Morgan fingerprint density at radius 1 is 0.885 bits per heavy atom. The van der Waals surface area contributed by atoms with Crippen LogP contribution in [0.3, 0.4) is 0 Å². The number of ether oxygens (including phenoxy) is 1. The standard InChI is InChI=1S/C40H40N4O8/c1-7-22-19(2)28-15-33-26-11-8-25(39(51)52-6)38(34(46)18-45)40(26,5)35(44-33)17-29-21(4)24(10-13-37(49)50)32(43-29)16-31-23(9-12-36(47)48)20(3)27(42-31)14-30(22)41-28/h7-8,11,14-17,38,42,44-45H,1,9-10,12-13,18H2,2-6H3,(H,47,48)(H,49,50)/t38?,40-/m1/s1. The Bertz CT molecular complexity index is 2300. The quantitative estimate of drug-likeness (QED) is 0.186. The molecule has 1 aliphatic carbocycles. The molecule has 5 heterocycles. The number of carboxylic acids is 2. The fraction of sp³-hybridized carbons (Fsp3) is 0.300. The Kier molecular flexibility index (Phi) is 9.45. The summed E-state index contributed by atoms with van der Waals surface area (Å²) < 4.78 is 5.07. The van der Waals surface area contributed by atoms with Crippen molar-refractivity contribution in [2.45, 2.75) is 58.8 Å². The number of aliphatic carboxylic acids is 2. The number of hydrogen-bond acceptors (Lipinski definition) is 8. The van der Waals surface area contributed by atoms with Crippen molar-refractivity contribution < 1.29 is 39.2 Å². The summed E-state index contributed by atoms with van der Waals surface area (Å²) in [7, 11) is 1.23. The number of ketones is 1. The maximum atomic E-state index is 13.6. The fourth-order valence-corrected chi connectivity index (χ4v) is 7.71. The SMILES string of the molecule is C=CC1=C(C)c2cc3[nH]c(cc4nc(cc5[nH]c(cc1n2)c(C)c5CCC(=O)O)C(CCC(=O)O)=C4C)[C@@]1(C)C3=CC=C(C(=O)OC)C1C(=O)CO. The van der Waals surface area contributed by atoms with Crippen molar-refractivity contribution >= 4 is 62.6 Å². The van der Waals surface area contributed by atoms with E-state index in [1.165, 1.54) is 7.11 Å². The number of aryl methyl sites for hydroxylation is 2. The Morgan fingerprint density at radius 3 is 2.19 bits per heavy atom. The van der Waals surface area contributed by atoms with Crippen molar-refractivity contribution in [1.29, 1.82) is 0 Å². The molecule has 8 bridgehead atoms. The monoisotopic (exact) mass is 704 g/mol. The molecule has 5 N–H and O–H groups in total. The molecule has 1 unspecified atom stereocenters. The van der Waals surface area contributed by atoms with Crippen molar-refractivity contribution in [3.8, 4) is 0 Å². The van der Waals surface area contributed by atoms with Gasteiger partial charge in [-0.15, -0.1) is 0 Å². The van der Waals surface area contributed by atoms with E-state index in [4.69, 9.17) is 14.7 Å². The van der Waals surface area contributed by atoms with Gasteiger partial charge in [-0.25, -0.2) is 14.8 Å². The van der Waals surface area contributed by atoms with E-state index in [9.17, 15) is 34.5 Å². The van der Waals surface area contributed by atoms with Crippen LogP contribution < -0.4 is 0 Å². The number of aliphatic hydroxyl groups is 1. The van der Waals surface area contributed by atoms with Gasteiger partial charge in [-0.1, -0.05) is 24.8 Å². The third kappa shape index (κ3) is 5.98. The van der Waals surface area contributed by atoms with Crippen molar-refractivity contribution in [3.05, 3.63) is 99.9 Å². The highest BCUT2D eigenvalue weighted by atomic mass is 16.5. The number of allylic oxidation sites excluding steroid dienone is 8. The van der Waals surface area contributed by atoms with Gasteiger partial charge in [0.1, 0.15) is 6.61 Å². The molecule has 2 aromatic heterocycles. The summed E-state index contributed by atoms with van der Waals surface area (Å²) in [5.41, 5.74) is 9.08. The normalized spacial score (nSPS) is 18.7. The van der Waals surface area contributed by atoms with Gasteiger partial charge >= 0.3 is 17.9 Å². The van der Waals surface area contributed by atoms with E-state index in [0.717, 1.165) is 33.4 Å². The van der Waals surface area contributed by atoms with Gasteiger partial charge in [0.2, 0.25) is 0 Å². The summed E-state index contributed by atoms with van der Waals surface area (Å²) in [5.74, 6) is -4.31. The third-order valence-electron chi connectivity index (χ3n) is 10.5. The number of carboxylic acid groups (broad SMARTS) is 2. The summed E-state index contributed by atoms with van der Waals surface area (Å²) in [6, 6.07) is 7.39. The van der Waals surface area contributed by atoms with Crippen LogP contribution in [-0.2, 0) is 35.8 Å². The van der Waals surface area contributed by atoms with Crippen molar-refractivity contribution in [2.75, 3.05) is 13.7 Å². The predicted molar refractivity (Wildman–Crippen MR) is 196 cm³/mol. The fourth-order valence-electron chi connectivity index (χ4n) is 7.71. The molecule has 2 atom stereocenters. The number of fused-ring (bicyclic) bond motifs is 11. The zero-order valence-corrected chi connectivity index (χ0v) is 29.6. The van der Waals surface area contributed by atoms with E-state index < -0.39 is 41.6 Å². The lowest BCUT2D eigenvalue weighted by Crippen LogP contribution is -2.42. The number of nitrogens with zero attached hydrogens (tertiary/aromatic N) is 2. The number of nitrogens with one attached hydrogen (secondary N) is 2. The number of Topliss-reactive ketones (excluding diaryl/α,β-unsaturated/α-hetero) is 1. The minimum Gasteiger partial charge on any atom is -0.481 e. The number of methoxy groups -OCH3 is 1. The highest BCUT2D eigenvalue weighted by Crippen LogP contribution is 2.52. The van der Waals surface area contributed by atoms with Crippen LogP contribution in [0.1, 0.15) is 85.3 Å². The average molecular weight is 705 g/mol. The molecule has 0 spiro atoms. The summed E-state index contributed by atoms with van der Waals surface area (Å²) in [6.45, 7) is 10.8. The second-order valence-corrected chi connectivity index (χ2v) is 13.4. The first-order valence-corrected chi connectivity index (χ1v) is 16.9. The van der Waals surface area contributed by atoms with Crippen molar-refractivity contribution in [3.63, 3.8) is 0 Å². The van der Waals surface area contributed by atoms with E-state index >= 15 is 0 Å². The van der Waals surface area contributed by atoms with Crippen LogP contribution >= 0.6 is 0 Å². The van der Waals surface area contributed by atoms with Crippen LogP contribution in [0.4, 0.5) is 0 Å². The lowest BCUT2D eigenvalue weighted by atomic mass is 9.63. The molecule has 3 aliphatic heterocycles. The van der Waals surface area contributed by atoms with Gasteiger partial charge in [-0.05, 0) is 98.2 Å². The molecular weight excluding hydrogens is 664 g/mol. The van der Waals surface area contributed by atoms with E-state index in [1.54, 1.807) is 24.3 Å². The zero-order valence-electron chi connectivity index (χ0n) is 29.6. The first-order chi connectivity index (χ1) is 24.7. The summed E-state index contributed by atoms with van der Waals surface area (Å²) in [6.07, 6.45) is 5.22. The molecule has 0 amide bonds. The first kappa shape index (κ1) is 35.9. The smallest absolute Gasteiger partial charge is 0.334 e. The Balaban J connectivity index is 1.77. The topological polar surface area (TPSA) is 196 Å². The largest absolute Gasteiger partial charge is 0.481 e. The van der Waals surface area contributed by atoms with Crippen molar-refractivity contribution in [1.82, 2.24) is 19.9 Å². The second-order valence-electron chi connectivity index (χ2n) is 13.4. The van der Waals surface area contributed by atoms with Crippen LogP contribution in [-0.4, -0.2) is 72.7 Å². The van der Waals surface area contributed by atoms with E-state index in [-0.39, 0.29) is 31.3 Å². The number of H-pyrrole nitrogens is 2. The predicted octanol–water partition coefficient (Wildman–Crippen LogP) is 5.91. The lowest BCUT2D eigenvalue weighted by Gasteiger charge is -2.37. The number of aliphatic hydroxyl groups excluding tert-OH is 1. The average Bonchev–Trinajstić information content (AvgIpc) is 3.76. The molecule has 6 rings (SSSR count). The minimum atomic E-state index is -1.19. The number of rotatable bonds is 10. The molecule has 0 aromatic carbocycles. The third-order valence-corrected chi connectivity index (χ3v) is 10.5. The van der Waals surface area contributed by atoms with Gasteiger partial charge in [0, 0.05) is 51.8 Å². The van der Waals surface area contributed by atoms with E-state index in [2.05, 4.69) is 16.5 Å². The van der Waals surface area contributed by atoms with Gasteiger partial charge in [0.25, 0.3) is 0 Å². The molecule has 0 radical (unpaired) electrons. The molecule has 0 saturated heterocycles. The highest BCUT2D eigenvalue weighted by Gasteiger charge is 2.52. The molecular formula is C40H40N4O8. The highest BCUT2D eigenvalue weighted by molar-refractivity contribution is 6.04. The van der Waals surface area contributed by atoms with Crippen LogP contribution in [0.15, 0.2) is 54.6 Å².